The molecule has 4 heterocycles. The zero-order valence-corrected chi connectivity index (χ0v) is 29.7. The molecule has 3 aromatic carbocycles. The average molecular weight is 754 g/mol. The predicted octanol–water partition coefficient (Wildman–Crippen LogP) is 7.77. The zero-order chi connectivity index (χ0) is 38.4. The van der Waals surface area contributed by atoms with Crippen LogP contribution in [-0.2, 0) is 19.3 Å². The summed E-state index contributed by atoms with van der Waals surface area (Å²) in [5.41, 5.74) is -4.58. The third-order valence-corrected chi connectivity index (χ3v) is 10.2. The summed E-state index contributed by atoms with van der Waals surface area (Å²) in [4.78, 5) is 27.5. The van der Waals surface area contributed by atoms with Crippen molar-refractivity contribution in [3.63, 3.8) is 0 Å². The molecular weight excluding hydrogens is 716 g/mol. The molecule has 0 aliphatic carbocycles. The second kappa shape index (κ2) is 14.5. The Kier molecular flexibility index (Phi) is 9.94. The highest BCUT2D eigenvalue weighted by Crippen LogP contribution is 2.43. The number of nitrogens with one attached hydrogen (secondary N) is 1. The van der Waals surface area contributed by atoms with E-state index in [1.807, 2.05) is 4.90 Å². The minimum Gasteiger partial charge on any atom is -0.497 e. The molecule has 15 heteroatoms. The van der Waals surface area contributed by atoms with E-state index < -0.39 is 68.8 Å². The number of fused-ring (bicyclic) bond motifs is 2. The van der Waals surface area contributed by atoms with Crippen molar-refractivity contribution in [2.75, 3.05) is 38.8 Å². The van der Waals surface area contributed by atoms with Crippen LogP contribution in [0, 0.1) is 18.6 Å². The van der Waals surface area contributed by atoms with E-state index in [2.05, 4.69) is 15.0 Å². The van der Waals surface area contributed by atoms with Gasteiger partial charge in [0.15, 0.2) is 5.82 Å². The van der Waals surface area contributed by atoms with Crippen LogP contribution in [-0.4, -0.2) is 65.5 Å². The highest BCUT2D eigenvalue weighted by molar-refractivity contribution is 5.85. The number of pyridine rings is 1. The molecule has 7 rings (SSSR count). The van der Waals surface area contributed by atoms with Gasteiger partial charge in [0.1, 0.15) is 41.4 Å². The van der Waals surface area contributed by atoms with Crippen LogP contribution in [0.4, 0.5) is 32.2 Å². The first-order valence-corrected chi connectivity index (χ1v) is 17.3. The maximum Gasteiger partial charge on any atom is 0.418 e. The quantitative estimate of drug-likeness (QED) is 0.137. The van der Waals surface area contributed by atoms with Crippen molar-refractivity contribution in [3.05, 3.63) is 105 Å². The van der Waals surface area contributed by atoms with Gasteiger partial charge in [0, 0.05) is 26.1 Å². The molecular formula is C39H37F6N5O4. The molecule has 0 spiro atoms. The van der Waals surface area contributed by atoms with E-state index in [9.17, 15) is 22.4 Å². The number of aromatic nitrogens is 3. The maximum absolute atomic E-state index is 16.6. The first-order valence-electron chi connectivity index (χ1n) is 17.3. The number of halogens is 6. The number of H-pyrrole nitrogens is 1. The standard InChI is InChI=1S/C39H37F6N5O4/c1-22-15-30(49(18-23-5-9-26(52-2)10-6-23)19-24-7-11-27(53-3)12-8-24)46-35(32(22)39(43,44)45)31-29(41)16-28-34(33(31)42)47-37(48-36(28)51)54-21-38-13-4-14-50(38)20-25(40)17-38/h5-12,15-16,25H,4,13-14,17-21H2,1-3H3,(H,47,48,51)/t25-,38+/m1/s1. The van der Waals surface area contributed by atoms with Crippen molar-refractivity contribution < 1.29 is 40.6 Å². The number of anilines is 1. The number of ether oxygens (including phenoxy) is 3. The molecule has 0 saturated carbocycles. The molecule has 5 aromatic rings. The van der Waals surface area contributed by atoms with Crippen LogP contribution >= 0.6 is 0 Å². The van der Waals surface area contributed by atoms with Gasteiger partial charge in [-0.3, -0.25) is 14.7 Å². The summed E-state index contributed by atoms with van der Waals surface area (Å²) >= 11 is 0. The summed E-state index contributed by atoms with van der Waals surface area (Å²) in [6.07, 6.45) is -4.46. The molecule has 0 bridgehead atoms. The van der Waals surface area contributed by atoms with Gasteiger partial charge in [-0.1, -0.05) is 24.3 Å². The zero-order valence-electron chi connectivity index (χ0n) is 29.7. The van der Waals surface area contributed by atoms with Crippen LogP contribution in [0.15, 0.2) is 65.5 Å². The fourth-order valence-corrected chi connectivity index (χ4v) is 7.60. The van der Waals surface area contributed by atoms with Gasteiger partial charge in [0.2, 0.25) is 0 Å². The summed E-state index contributed by atoms with van der Waals surface area (Å²) < 4.78 is 108. The third-order valence-electron chi connectivity index (χ3n) is 10.2. The van der Waals surface area contributed by atoms with Gasteiger partial charge >= 0.3 is 6.18 Å². The van der Waals surface area contributed by atoms with Gasteiger partial charge in [0.25, 0.3) is 11.6 Å². The molecule has 54 heavy (non-hydrogen) atoms. The van der Waals surface area contributed by atoms with Crippen molar-refractivity contribution in [1.82, 2.24) is 19.9 Å². The number of methoxy groups -OCH3 is 2. The summed E-state index contributed by atoms with van der Waals surface area (Å²) in [7, 11) is 3.04. The van der Waals surface area contributed by atoms with Crippen LogP contribution in [0.2, 0.25) is 0 Å². The minimum absolute atomic E-state index is 0.00651. The van der Waals surface area contributed by atoms with E-state index in [0.29, 0.717) is 30.5 Å². The lowest BCUT2D eigenvalue weighted by Crippen LogP contribution is -2.43. The summed E-state index contributed by atoms with van der Waals surface area (Å²) in [5, 5.41) is -0.534. The summed E-state index contributed by atoms with van der Waals surface area (Å²) in [6.45, 7) is 2.35. The Bertz CT molecular complexity index is 2180. The van der Waals surface area contributed by atoms with E-state index in [-0.39, 0.29) is 44.0 Å². The summed E-state index contributed by atoms with van der Waals surface area (Å²) in [5.74, 6) is -1.75. The largest absolute Gasteiger partial charge is 0.497 e. The van der Waals surface area contributed by atoms with Crippen molar-refractivity contribution in [2.24, 2.45) is 0 Å². The van der Waals surface area contributed by atoms with Crippen molar-refractivity contribution in [1.29, 1.82) is 0 Å². The Labute approximate surface area is 306 Å². The van der Waals surface area contributed by atoms with Crippen LogP contribution in [0.5, 0.6) is 17.5 Å². The fraction of sp³-hybridized carbons (Fsp3) is 0.359. The van der Waals surface area contributed by atoms with Gasteiger partial charge in [-0.25, -0.2) is 18.2 Å². The topological polar surface area (TPSA) is 92.8 Å². The normalized spacial score (nSPS) is 18.6. The van der Waals surface area contributed by atoms with Crippen LogP contribution in [0.25, 0.3) is 22.2 Å². The number of nitrogens with zero attached hydrogens (tertiary/aromatic N) is 4. The number of aromatic amines is 1. The van der Waals surface area contributed by atoms with Crippen molar-refractivity contribution in [3.8, 4) is 28.8 Å². The average Bonchev–Trinajstić information content (AvgIpc) is 3.66. The molecule has 2 aliphatic rings. The smallest absolute Gasteiger partial charge is 0.418 e. The number of hydrogen-bond donors (Lipinski definition) is 1. The van der Waals surface area contributed by atoms with Gasteiger partial charge in [-0.05, 0) is 79.4 Å². The van der Waals surface area contributed by atoms with Gasteiger partial charge in [-0.2, -0.15) is 18.2 Å². The highest BCUT2D eigenvalue weighted by atomic mass is 19.4. The molecule has 2 aromatic heterocycles. The Balaban J connectivity index is 1.33. The van der Waals surface area contributed by atoms with Crippen molar-refractivity contribution >= 4 is 16.7 Å². The molecule has 0 unspecified atom stereocenters. The molecule has 0 amide bonds. The van der Waals surface area contributed by atoms with E-state index in [0.717, 1.165) is 17.5 Å². The van der Waals surface area contributed by atoms with E-state index in [4.69, 9.17) is 14.2 Å². The molecule has 2 fully saturated rings. The maximum atomic E-state index is 16.6. The fourth-order valence-electron chi connectivity index (χ4n) is 7.60. The van der Waals surface area contributed by atoms with Gasteiger partial charge in [0.05, 0.1) is 42.0 Å². The number of alkyl halides is 4. The first-order chi connectivity index (χ1) is 25.8. The predicted molar refractivity (Wildman–Crippen MR) is 190 cm³/mol. The van der Waals surface area contributed by atoms with Gasteiger partial charge in [-0.15, -0.1) is 0 Å². The second-order valence-corrected chi connectivity index (χ2v) is 13.7. The summed E-state index contributed by atoms with van der Waals surface area (Å²) in [6, 6.07) is 15.5. The third kappa shape index (κ3) is 7.16. The molecule has 2 aliphatic heterocycles. The van der Waals surface area contributed by atoms with E-state index in [1.165, 1.54) is 27.2 Å². The van der Waals surface area contributed by atoms with Crippen LogP contribution in [0.1, 0.15) is 41.5 Å². The molecule has 2 atom stereocenters. The number of hydrogen-bond acceptors (Lipinski definition) is 8. The van der Waals surface area contributed by atoms with Crippen LogP contribution < -0.4 is 24.7 Å². The monoisotopic (exact) mass is 753 g/mol. The van der Waals surface area contributed by atoms with Gasteiger partial charge < -0.3 is 19.1 Å². The molecule has 2 saturated heterocycles. The Morgan fingerprint density at radius 2 is 1.59 bits per heavy atom. The first kappa shape index (κ1) is 37.0. The number of rotatable bonds is 11. The minimum atomic E-state index is -5.08. The highest BCUT2D eigenvalue weighted by Gasteiger charge is 2.49. The Hall–Kier alpha value is -5.31. The molecule has 0 radical (unpaired) electrons. The lowest BCUT2D eigenvalue weighted by molar-refractivity contribution is -0.137. The Morgan fingerprint density at radius 1 is 0.963 bits per heavy atom. The van der Waals surface area contributed by atoms with Crippen LogP contribution in [0.3, 0.4) is 0 Å². The Morgan fingerprint density at radius 3 is 2.19 bits per heavy atom. The lowest BCUT2D eigenvalue weighted by atomic mass is 9.95. The molecule has 9 nitrogen and oxygen atoms in total. The SMILES string of the molecule is COc1ccc(CN(Cc2ccc(OC)cc2)c2cc(C)c(C(F)(F)F)c(-c3c(F)cc4c(=O)[nH]c(OC[C@@]56CCCN5C[C@H](F)C6)nc4c3F)n2)cc1. The second-order valence-electron chi connectivity index (χ2n) is 13.7. The van der Waals surface area contributed by atoms with Crippen molar-refractivity contribution in [2.45, 2.75) is 57.2 Å². The number of aryl methyl sites for hydroxylation is 1. The number of benzene rings is 3. The lowest BCUT2D eigenvalue weighted by Gasteiger charge is -2.30. The molecule has 284 valence electrons. The van der Waals surface area contributed by atoms with E-state index >= 15 is 8.78 Å². The van der Waals surface area contributed by atoms with E-state index in [1.54, 1.807) is 53.4 Å². The molecule has 1 N–H and O–H groups in total.